The zero-order chi connectivity index (χ0) is 16.5. The first-order valence-electron chi connectivity index (χ1n) is 6.38. The third kappa shape index (κ3) is 5.94. The highest BCUT2D eigenvalue weighted by Gasteiger charge is 2.25. The molecule has 0 aliphatic carbocycles. The minimum absolute atomic E-state index is 0.149. The number of esters is 1. The largest absolute Gasteiger partial charge is 0.481 e. The van der Waals surface area contributed by atoms with Crippen LogP contribution < -0.4 is 11.1 Å². The second kappa shape index (κ2) is 8.80. The minimum Gasteiger partial charge on any atom is -0.481 e. The predicted octanol–water partition coefficient (Wildman–Crippen LogP) is -0.744. The summed E-state index contributed by atoms with van der Waals surface area (Å²) in [5.41, 5.74) is 6.18. The van der Waals surface area contributed by atoms with Crippen molar-refractivity contribution in [2.45, 2.75) is 25.1 Å². The molecule has 9 nitrogen and oxygen atoms in total. The topological polar surface area (TPSA) is 141 Å². The van der Waals surface area contributed by atoms with Crippen LogP contribution in [0.25, 0.3) is 0 Å². The van der Waals surface area contributed by atoms with Crippen LogP contribution in [0.1, 0.15) is 12.0 Å². The van der Waals surface area contributed by atoms with Crippen molar-refractivity contribution in [2.75, 3.05) is 13.7 Å². The Hall–Kier alpha value is -2.39. The smallest absolute Gasteiger partial charge is 0.330 e. The van der Waals surface area contributed by atoms with E-state index in [1.54, 1.807) is 6.07 Å². The Morgan fingerprint density at radius 1 is 1.45 bits per heavy atom. The molecule has 0 aromatic carbocycles. The molecule has 0 unspecified atom stereocenters. The first-order chi connectivity index (χ1) is 10.4. The van der Waals surface area contributed by atoms with E-state index in [1.807, 2.05) is 0 Å². The highest BCUT2D eigenvalue weighted by atomic mass is 16.5. The number of amides is 1. The molecule has 1 amide bonds. The van der Waals surface area contributed by atoms with Crippen LogP contribution >= 0.6 is 0 Å². The molecule has 0 fully saturated rings. The van der Waals surface area contributed by atoms with E-state index in [-0.39, 0.29) is 13.2 Å². The lowest BCUT2D eigenvalue weighted by Gasteiger charge is -2.18. The molecule has 0 bridgehead atoms. The number of methoxy groups -OCH3 is 1. The zero-order valence-electron chi connectivity index (χ0n) is 12.0. The lowest BCUT2D eigenvalue weighted by atomic mass is 10.2. The quantitative estimate of drug-likeness (QED) is 0.506. The van der Waals surface area contributed by atoms with E-state index in [2.05, 4.69) is 10.1 Å². The van der Waals surface area contributed by atoms with Crippen LogP contribution in [-0.2, 0) is 30.5 Å². The van der Waals surface area contributed by atoms with Gasteiger partial charge in [0.2, 0.25) is 5.91 Å². The van der Waals surface area contributed by atoms with Gasteiger partial charge in [-0.25, -0.2) is 4.79 Å². The monoisotopic (exact) mass is 314 g/mol. The van der Waals surface area contributed by atoms with Gasteiger partial charge in [0.15, 0.2) is 6.04 Å². The zero-order valence-corrected chi connectivity index (χ0v) is 12.0. The number of nitrogens with two attached hydrogens (primary N) is 1. The maximum Gasteiger partial charge on any atom is 0.330 e. The number of carboxylic acid groups (broad SMARTS) is 1. The second-order valence-corrected chi connectivity index (χ2v) is 4.44. The van der Waals surface area contributed by atoms with E-state index in [0.29, 0.717) is 0 Å². The molecule has 1 rings (SSSR count). The summed E-state index contributed by atoms with van der Waals surface area (Å²) in [6, 6.07) is -0.656. The standard InChI is InChI=1S/C13H18N2O7/c1-20-13(19)10(7-22-6-8-2-3-21-5-8)15-12(18)9(14)4-11(16)17/h2-3,5,9-10H,4,6-7,14H2,1H3,(H,15,18)(H,16,17)/t9-,10-/m0/s1. The van der Waals surface area contributed by atoms with Gasteiger partial charge >= 0.3 is 11.9 Å². The fourth-order valence-corrected chi connectivity index (χ4v) is 1.54. The summed E-state index contributed by atoms with van der Waals surface area (Å²) in [5, 5.41) is 10.9. The average Bonchev–Trinajstić information content (AvgIpc) is 2.97. The summed E-state index contributed by atoms with van der Waals surface area (Å²) in [4.78, 5) is 33.8. The maximum atomic E-state index is 11.7. The number of hydrogen-bond donors (Lipinski definition) is 3. The molecule has 0 spiro atoms. The van der Waals surface area contributed by atoms with Crippen molar-refractivity contribution in [1.29, 1.82) is 0 Å². The first kappa shape index (κ1) is 17.7. The SMILES string of the molecule is COC(=O)[C@H](COCc1ccoc1)NC(=O)[C@@H](N)CC(=O)O. The molecule has 0 radical (unpaired) electrons. The van der Waals surface area contributed by atoms with Crippen LogP contribution in [0.2, 0.25) is 0 Å². The third-order valence-corrected chi connectivity index (χ3v) is 2.67. The van der Waals surface area contributed by atoms with Gasteiger partial charge in [-0.15, -0.1) is 0 Å². The van der Waals surface area contributed by atoms with Crippen molar-refractivity contribution in [3.05, 3.63) is 24.2 Å². The Bertz CT molecular complexity index is 500. The van der Waals surface area contributed by atoms with Crippen molar-refractivity contribution in [3.8, 4) is 0 Å². The summed E-state index contributed by atoms with van der Waals surface area (Å²) in [6.07, 6.45) is 2.41. The van der Waals surface area contributed by atoms with Gasteiger partial charge < -0.3 is 30.0 Å². The lowest BCUT2D eigenvalue weighted by Crippen LogP contribution is -2.51. The molecule has 1 aromatic heterocycles. The molecular formula is C13H18N2O7. The fourth-order valence-electron chi connectivity index (χ4n) is 1.54. The second-order valence-electron chi connectivity index (χ2n) is 4.44. The van der Waals surface area contributed by atoms with Gasteiger partial charge in [-0.05, 0) is 6.07 Å². The van der Waals surface area contributed by atoms with Gasteiger partial charge in [-0.2, -0.15) is 0 Å². The fraction of sp³-hybridized carbons (Fsp3) is 0.462. The molecule has 22 heavy (non-hydrogen) atoms. The summed E-state index contributed by atoms with van der Waals surface area (Å²) >= 11 is 0. The third-order valence-electron chi connectivity index (χ3n) is 2.67. The van der Waals surface area contributed by atoms with E-state index >= 15 is 0 Å². The van der Waals surface area contributed by atoms with Crippen LogP contribution in [0, 0.1) is 0 Å². The number of carbonyl (C=O) groups excluding carboxylic acids is 2. The number of furan rings is 1. The molecule has 0 saturated carbocycles. The molecule has 1 aromatic rings. The Labute approximate surface area is 126 Å². The van der Waals surface area contributed by atoms with Crippen LogP contribution in [0.4, 0.5) is 0 Å². The first-order valence-corrected chi connectivity index (χ1v) is 6.38. The summed E-state index contributed by atoms with van der Waals surface area (Å²) in [7, 11) is 1.16. The summed E-state index contributed by atoms with van der Waals surface area (Å²) in [6.45, 7) is 0.0322. The number of ether oxygens (including phenoxy) is 2. The van der Waals surface area contributed by atoms with Crippen molar-refractivity contribution < 1.29 is 33.4 Å². The Kier molecular flexibility index (Phi) is 7.06. The van der Waals surface area contributed by atoms with Crippen molar-refractivity contribution in [1.82, 2.24) is 5.32 Å². The average molecular weight is 314 g/mol. The van der Waals surface area contributed by atoms with E-state index in [0.717, 1.165) is 12.7 Å². The van der Waals surface area contributed by atoms with Crippen LogP contribution in [0.5, 0.6) is 0 Å². The Morgan fingerprint density at radius 3 is 2.73 bits per heavy atom. The van der Waals surface area contributed by atoms with E-state index < -0.39 is 36.4 Å². The highest BCUT2D eigenvalue weighted by Crippen LogP contribution is 2.03. The minimum atomic E-state index is -1.27. The number of carbonyl (C=O) groups is 3. The van der Waals surface area contributed by atoms with Crippen molar-refractivity contribution in [3.63, 3.8) is 0 Å². The molecule has 0 aliphatic heterocycles. The van der Waals surface area contributed by atoms with Gasteiger partial charge in [-0.3, -0.25) is 9.59 Å². The van der Waals surface area contributed by atoms with Gasteiger partial charge in [0.25, 0.3) is 0 Å². The Balaban J connectivity index is 2.51. The van der Waals surface area contributed by atoms with Gasteiger partial charge in [0, 0.05) is 5.56 Å². The van der Waals surface area contributed by atoms with Gasteiger partial charge in [-0.1, -0.05) is 0 Å². The summed E-state index contributed by atoms with van der Waals surface area (Å²) in [5.74, 6) is -2.71. The molecule has 0 aliphatic rings. The lowest BCUT2D eigenvalue weighted by molar-refractivity contribution is -0.147. The predicted molar refractivity (Wildman–Crippen MR) is 72.5 cm³/mol. The van der Waals surface area contributed by atoms with Crippen molar-refractivity contribution >= 4 is 17.8 Å². The number of aliphatic carboxylic acids is 1. The Morgan fingerprint density at radius 2 is 2.18 bits per heavy atom. The normalized spacial score (nSPS) is 13.2. The van der Waals surface area contributed by atoms with Crippen molar-refractivity contribution in [2.24, 2.45) is 5.73 Å². The molecule has 9 heteroatoms. The summed E-state index contributed by atoms with van der Waals surface area (Å²) < 4.78 is 14.7. The number of hydrogen-bond acceptors (Lipinski definition) is 7. The van der Waals surface area contributed by atoms with E-state index in [9.17, 15) is 14.4 Å². The molecular weight excluding hydrogens is 296 g/mol. The molecule has 122 valence electrons. The number of rotatable bonds is 9. The van der Waals surface area contributed by atoms with Gasteiger partial charge in [0.1, 0.15) is 0 Å². The molecule has 4 N–H and O–H groups in total. The maximum absolute atomic E-state index is 11.7. The molecule has 0 saturated heterocycles. The highest BCUT2D eigenvalue weighted by molar-refractivity contribution is 5.89. The van der Waals surface area contributed by atoms with Crippen LogP contribution in [0.3, 0.4) is 0 Å². The molecule has 1 heterocycles. The van der Waals surface area contributed by atoms with Crippen LogP contribution in [-0.4, -0.2) is 48.8 Å². The number of nitrogens with one attached hydrogen (secondary N) is 1. The van der Waals surface area contributed by atoms with Crippen LogP contribution in [0.15, 0.2) is 23.0 Å². The number of carboxylic acids is 1. The van der Waals surface area contributed by atoms with E-state index in [4.69, 9.17) is 20.0 Å². The van der Waals surface area contributed by atoms with Gasteiger partial charge in [0.05, 0.1) is 45.3 Å². The molecule has 2 atom stereocenters. The van der Waals surface area contributed by atoms with E-state index in [1.165, 1.54) is 12.5 Å².